The third kappa shape index (κ3) is 3.05. The summed E-state index contributed by atoms with van der Waals surface area (Å²) in [6, 6.07) is 2.79. The van der Waals surface area contributed by atoms with Crippen molar-refractivity contribution < 1.29 is 39.2 Å². The molecule has 156 valence electrons. The second-order valence-electron chi connectivity index (χ2n) is 8.36. The van der Waals surface area contributed by atoms with Gasteiger partial charge in [-0.2, -0.15) is 0 Å². The summed E-state index contributed by atoms with van der Waals surface area (Å²) < 4.78 is 11.0. The predicted molar refractivity (Wildman–Crippen MR) is 96.1 cm³/mol. The van der Waals surface area contributed by atoms with E-state index in [1.165, 1.54) is 6.07 Å². The van der Waals surface area contributed by atoms with E-state index in [1.54, 1.807) is 11.0 Å². The van der Waals surface area contributed by atoms with Crippen molar-refractivity contribution in [3.8, 4) is 11.5 Å². The third-order valence-corrected chi connectivity index (χ3v) is 6.30. The number of ether oxygens (including phenoxy) is 1. The molecule has 2 unspecified atom stereocenters. The second kappa shape index (κ2) is 6.33. The zero-order valence-electron chi connectivity index (χ0n) is 15.5. The van der Waals surface area contributed by atoms with Gasteiger partial charge in [0, 0.05) is 6.54 Å². The largest absolute Gasteiger partial charge is 0.669 e. The van der Waals surface area contributed by atoms with Gasteiger partial charge in [-0.25, -0.2) is 0 Å². The maximum Gasteiger partial charge on any atom is 0.434 e. The Balaban J connectivity index is 1.30. The van der Waals surface area contributed by atoms with Crippen LogP contribution in [0.3, 0.4) is 0 Å². The number of benzene rings is 1. The molecular weight excluding hydrogens is 383 g/mol. The second-order valence-corrected chi connectivity index (χ2v) is 8.36. The lowest BCUT2D eigenvalue weighted by atomic mass is 9.68. The highest BCUT2D eigenvalue weighted by Gasteiger charge is 2.55. The van der Waals surface area contributed by atoms with Gasteiger partial charge in [0.05, 0.1) is 42.5 Å². The SMILES string of the molecule is O=C([O-])c1c(OC2CN(C(=O)[C@@H]3C[C@@H](O)CN3)C2)ccc2c1O[B-](O)(O)C1CC21. The topological polar surface area (TPSA) is 152 Å². The van der Waals surface area contributed by atoms with Gasteiger partial charge in [-0.05, 0) is 24.0 Å². The molecule has 3 aliphatic heterocycles. The summed E-state index contributed by atoms with van der Waals surface area (Å²) in [5.74, 6) is -2.31. The number of aliphatic hydroxyl groups excluding tert-OH is 1. The zero-order valence-corrected chi connectivity index (χ0v) is 15.5. The lowest BCUT2D eigenvalue weighted by Gasteiger charge is -2.41. The molecule has 4 N–H and O–H groups in total. The zero-order chi connectivity index (χ0) is 20.5. The number of rotatable bonds is 4. The minimum Gasteiger partial charge on any atom is -0.669 e. The number of aliphatic hydroxyl groups is 1. The molecule has 29 heavy (non-hydrogen) atoms. The molecule has 4 atom stereocenters. The highest BCUT2D eigenvalue weighted by Crippen LogP contribution is 2.63. The normalized spacial score (nSPS) is 31.9. The van der Waals surface area contributed by atoms with Crippen LogP contribution in [0.4, 0.5) is 0 Å². The van der Waals surface area contributed by atoms with Gasteiger partial charge in [0.2, 0.25) is 5.91 Å². The number of carbonyl (C=O) groups excluding carboxylic acids is 2. The highest BCUT2D eigenvalue weighted by molar-refractivity contribution is 6.62. The van der Waals surface area contributed by atoms with Crippen LogP contribution in [0.25, 0.3) is 0 Å². The van der Waals surface area contributed by atoms with E-state index in [0.29, 0.717) is 24.9 Å². The van der Waals surface area contributed by atoms with Gasteiger partial charge in [-0.15, -0.1) is 0 Å². The molecule has 5 rings (SSSR count). The van der Waals surface area contributed by atoms with Crippen LogP contribution in [0.15, 0.2) is 12.1 Å². The summed E-state index contributed by atoms with van der Waals surface area (Å²) in [6.45, 7) is -2.16. The van der Waals surface area contributed by atoms with Crippen LogP contribution in [0.5, 0.6) is 11.5 Å². The van der Waals surface area contributed by atoms with Crippen LogP contribution in [-0.2, 0) is 4.79 Å². The lowest BCUT2D eigenvalue weighted by molar-refractivity contribution is -0.255. The number of likely N-dealkylation sites (tertiary alicyclic amines) is 1. The number of fused-ring (bicyclic) bond motifs is 3. The van der Waals surface area contributed by atoms with E-state index < -0.39 is 36.8 Å². The van der Waals surface area contributed by atoms with Gasteiger partial charge in [-0.1, -0.05) is 18.3 Å². The van der Waals surface area contributed by atoms with Gasteiger partial charge in [0.1, 0.15) is 11.9 Å². The summed E-state index contributed by atoms with van der Waals surface area (Å²) in [7, 11) is 0. The molecule has 1 aromatic carbocycles. The Hall–Kier alpha value is -2.34. The van der Waals surface area contributed by atoms with E-state index in [2.05, 4.69) is 5.32 Å². The minimum atomic E-state index is -3.12. The first-order valence-corrected chi connectivity index (χ1v) is 9.78. The molecule has 1 aromatic rings. The highest BCUT2D eigenvalue weighted by atomic mass is 16.6. The summed E-state index contributed by atoms with van der Waals surface area (Å²) >= 11 is 0. The summed E-state index contributed by atoms with van der Waals surface area (Å²) in [6.07, 6.45) is -0.0456. The number of nitrogens with one attached hydrogen (secondary N) is 1. The smallest absolute Gasteiger partial charge is 0.434 e. The van der Waals surface area contributed by atoms with Gasteiger partial charge in [0.15, 0.2) is 0 Å². The molecular formula is C18H21BN2O8-2. The van der Waals surface area contributed by atoms with Gasteiger partial charge < -0.3 is 44.7 Å². The van der Waals surface area contributed by atoms with Crippen LogP contribution in [0.2, 0.25) is 5.82 Å². The number of hydrogen-bond donors (Lipinski definition) is 4. The number of aromatic carboxylic acids is 1. The fraction of sp³-hybridized carbons (Fsp3) is 0.556. The van der Waals surface area contributed by atoms with E-state index >= 15 is 0 Å². The molecule has 1 aliphatic carbocycles. The van der Waals surface area contributed by atoms with E-state index in [4.69, 9.17) is 9.39 Å². The Bertz CT molecular complexity index is 887. The standard InChI is InChI=1S/C18H22BN2O8/c22-8-3-13(20-5-8)17(23)21-6-9(7-21)28-14-2-1-10-11-4-12(11)19(26,27)29-16(10)15(14)18(24)25/h1-2,8-9,11-13,20,22,26-27H,3-7H2,(H,24,25)/q-1/p-1/t8-,11?,12?,13+/m1/s1. The molecule has 0 spiro atoms. The van der Waals surface area contributed by atoms with Crippen LogP contribution in [0.1, 0.15) is 34.7 Å². The van der Waals surface area contributed by atoms with Crippen molar-refractivity contribution in [3.05, 3.63) is 23.3 Å². The van der Waals surface area contributed by atoms with Crippen LogP contribution in [0, 0.1) is 0 Å². The molecule has 1 saturated carbocycles. The van der Waals surface area contributed by atoms with Crippen molar-refractivity contribution in [2.24, 2.45) is 0 Å². The maximum absolute atomic E-state index is 12.4. The first kappa shape index (κ1) is 18.7. The Morgan fingerprint density at radius 2 is 2.03 bits per heavy atom. The van der Waals surface area contributed by atoms with Gasteiger partial charge >= 0.3 is 6.75 Å². The van der Waals surface area contributed by atoms with E-state index in [1.807, 2.05) is 0 Å². The fourth-order valence-electron chi connectivity index (χ4n) is 4.60. The van der Waals surface area contributed by atoms with Crippen molar-refractivity contribution >= 4 is 18.6 Å². The molecule has 4 aliphatic rings. The molecule has 10 nitrogen and oxygen atoms in total. The van der Waals surface area contributed by atoms with E-state index in [0.717, 1.165) is 0 Å². The van der Waals surface area contributed by atoms with Crippen LogP contribution < -0.4 is 19.8 Å². The van der Waals surface area contributed by atoms with Crippen molar-refractivity contribution in [2.75, 3.05) is 19.6 Å². The number of carboxylic acids is 1. The van der Waals surface area contributed by atoms with Crippen LogP contribution >= 0.6 is 0 Å². The average Bonchev–Trinajstić information content (AvgIpc) is 3.32. The Morgan fingerprint density at radius 1 is 1.28 bits per heavy atom. The third-order valence-electron chi connectivity index (χ3n) is 6.30. The summed E-state index contributed by atoms with van der Waals surface area (Å²) in [4.78, 5) is 25.7. The van der Waals surface area contributed by atoms with E-state index in [-0.39, 0.29) is 42.0 Å². The Morgan fingerprint density at radius 3 is 2.69 bits per heavy atom. The Labute approximate surface area is 166 Å². The van der Waals surface area contributed by atoms with Gasteiger partial charge in [-0.3, -0.25) is 4.79 Å². The molecule has 1 amide bonds. The van der Waals surface area contributed by atoms with E-state index in [9.17, 15) is 29.9 Å². The van der Waals surface area contributed by atoms with Crippen molar-refractivity contribution in [3.63, 3.8) is 0 Å². The molecule has 0 aromatic heterocycles. The Kier molecular flexibility index (Phi) is 4.08. The van der Waals surface area contributed by atoms with Crippen molar-refractivity contribution in [2.45, 2.75) is 42.8 Å². The predicted octanol–water partition coefficient (Wildman–Crippen LogP) is -2.46. The number of β-amino-alcohol motifs (C(OH)–C–C–N with tert-alkyl or cyclic N) is 1. The first-order chi connectivity index (χ1) is 13.7. The molecule has 3 fully saturated rings. The number of amides is 1. The molecule has 0 radical (unpaired) electrons. The average molecular weight is 404 g/mol. The van der Waals surface area contributed by atoms with Crippen molar-refractivity contribution in [1.82, 2.24) is 10.2 Å². The van der Waals surface area contributed by atoms with Crippen molar-refractivity contribution in [1.29, 1.82) is 0 Å². The summed E-state index contributed by atoms with van der Waals surface area (Å²) in [5, 5.41) is 44.4. The molecule has 0 bridgehead atoms. The minimum absolute atomic E-state index is 0.0148. The number of hydrogen-bond acceptors (Lipinski definition) is 9. The quantitative estimate of drug-likeness (QED) is 0.400. The number of nitrogens with zero attached hydrogens (tertiary/aromatic N) is 1. The summed E-state index contributed by atoms with van der Waals surface area (Å²) in [5.41, 5.74) is 0.269. The number of carboxylic acid groups (broad SMARTS) is 1. The molecule has 11 heteroatoms. The molecule has 2 saturated heterocycles. The van der Waals surface area contributed by atoms with Gasteiger partial charge in [0.25, 0.3) is 0 Å². The van der Waals surface area contributed by atoms with Crippen LogP contribution in [-0.4, -0.2) is 76.6 Å². The fourth-order valence-corrected chi connectivity index (χ4v) is 4.60. The maximum atomic E-state index is 12.4. The lowest BCUT2D eigenvalue weighted by Crippen LogP contribution is -2.59. The molecule has 3 heterocycles. The number of carbonyl (C=O) groups is 2. The monoisotopic (exact) mass is 404 g/mol. The first-order valence-electron chi connectivity index (χ1n) is 9.78.